The van der Waals surface area contributed by atoms with Gasteiger partial charge in [0.15, 0.2) is 0 Å². The van der Waals surface area contributed by atoms with Gasteiger partial charge in [0.2, 0.25) is 0 Å². The first kappa shape index (κ1) is 9.31. The van der Waals surface area contributed by atoms with Crippen molar-refractivity contribution >= 4 is 0 Å². The van der Waals surface area contributed by atoms with Crippen molar-refractivity contribution in [3.05, 3.63) is 36.5 Å². The summed E-state index contributed by atoms with van der Waals surface area (Å²) in [5.41, 5.74) is 0. The molecule has 0 unspecified atom stereocenters. The average molecular weight is 162 g/mol. The Hall–Kier alpha value is -0.780. The minimum Gasteiger partial charge on any atom is -0.0885 e. The maximum Gasteiger partial charge on any atom is -0.0345 e. The zero-order valence-electron chi connectivity index (χ0n) is 7.71. The van der Waals surface area contributed by atoms with Crippen LogP contribution in [0.2, 0.25) is 0 Å². The van der Waals surface area contributed by atoms with Crippen molar-refractivity contribution in [3.8, 4) is 0 Å². The lowest BCUT2D eigenvalue weighted by Crippen LogP contribution is -1.73. The first-order valence-electron chi connectivity index (χ1n) is 4.97. The van der Waals surface area contributed by atoms with Gasteiger partial charge in [-0.25, -0.2) is 0 Å². The fourth-order valence-electron chi connectivity index (χ4n) is 1.29. The number of hydrogen-bond acceptors (Lipinski definition) is 0. The Bertz CT molecular complexity index is 152. The molecule has 0 aromatic carbocycles. The van der Waals surface area contributed by atoms with Crippen molar-refractivity contribution in [3.63, 3.8) is 0 Å². The second kappa shape index (κ2) is 6.90. The highest BCUT2D eigenvalue weighted by molar-refractivity contribution is 5.02. The zero-order chi connectivity index (χ0) is 8.49. The summed E-state index contributed by atoms with van der Waals surface area (Å²) in [7, 11) is 0. The van der Waals surface area contributed by atoms with Gasteiger partial charge in [0, 0.05) is 0 Å². The Balaban J connectivity index is 2.30. The van der Waals surface area contributed by atoms with Crippen LogP contribution in [0, 0.1) is 0 Å². The zero-order valence-corrected chi connectivity index (χ0v) is 7.71. The van der Waals surface area contributed by atoms with E-state index >= 15 is 0 Å². The molecule has 12 heavy (non-hydrogen) atoms. The van der Waals surface area contributed by atoms with Gasteiger partial charge < -0.3 is 0 Å². The van der Waals surface area contributed by atoms with Gasteiger partial charge in [-0.2, -0.15) is 0 Å². The standard InChI is InChI=1S/C12H18/c1-2-4-6-8-10-12-11-9-7-5-3-1/h1-4,11-12H,5-10H2. The summed E-state index contributed by atoms with van der Waals surface area (Å²) < 4.78 is 0. The highest BCUT2D eigenvalue weighted by atomic mass is 13.9. The van der Waals surface area contributed by atoms with E-state index in [0.29, 0.717) is 0 Å². The predicted molar refractivity (Wildman–Crippen MR) is 55.1 cm³/mol. The van der Waals surface area contributed by atoms with E-state index in [1.807, 2.05) is 0 Å². The third kappa shape index (κ3) is 4.95. The van der Waals surface area contributed by atoms with Crippen LogP contribution < -0.4 is 0 Å². The summed E-state index contributed by atoms with van der Waals surface area (Å²) >= 11 is 0. The Morgan fingerprint density at radius 3 is 1.42 bits per heavy atom. The van der Waals surface area contributed by atoms with Crippen molar-refractivity contribution in [2.75, 3.05) is 0 Å². The minimum absolute atomic E-state index is 1.22. The highest BCUT2D eigenvalue weighted by Crippen LogP contribution is 2.03. The maximum absolute atomic E-state index is 2.32. The summed E-state index contributed by atoms with van der Waals surface area (Å²) in [5, 5.41) is 0. The molecule has 1 rings (SSSR count). The molecule has 0 aromatic rings. The Labute approximate surface area is 75.7 Å². The average Bonchev–Trinajstić information content (AvgIpc) is 2.05. The first-order valence-corrected chi connectivity index (χ1v) is 4.97. The van der Waals surface area contributed by atoms with Gasteiger partial charge in [-0.1, -0.05) is 36.5 Å². The van der Waals surface area contributed by atoms with E-state index in [2.05, 4.69) is 36.5 Å². The monoisotopic (exact) mass is 162 g/mol. The van der Waals surface area contributed by atoms with Gasteiger partial charge in [0.1, 0.15) is 0 Å². The fraction of sp³-hybridized carbons (Fsp3) is 0.500. The quantitative estimate of drug-likeness (QED) is 0.472. The first-order chi connectivity index (χ1) is 6.00. The maximum atomic E-state index is 2.32. The second-order valence-corrected chi connectivity index (χ2v) is 3.19. The topological polar surface area (TPSA) is 0 Å². The van der Waals surface area contributed by atoms with Crippen LogP contribution in [0.1, 0.15) is 38.5 Å². The lowest BCUT2D eigenvalue weighted by Gasteiger charge is -1.93. The van der Waals surface area contributed by atoms with E-state index in [1.165, 1.54) is 38.5 Å². The van der Waals surface area contributed by atoms with Crippen molar-refractivity contribution in [1.82, 2.24) is 0 Å². The normalized spacial score (nSPS) is 20.0. The Kier molecular flexibility index (Phi) is 5.35. The third-order valence-corrected chi connectivity index (χ3v) is 2.03. The van der Waals surface area contributed by atoms with Crippen LogP contribution in [0.5, 0.6) is 0 Å². The molecule has 0 fully saturated rings. The van der Waals surface area contributed by atoms with Crippen molar-refractivity contribution < 1.29 is 0 Å². The van der Waals surface area contributed by atoms with Crippen molar-refractivity contribution in [2.24, 2.45) is 0 Å². The summed E-state index contributed by atoms with van der Waals surface area (Å²) in [6, 6.07) is 0. The van der Waals surface area contributed by atoms with Gasteiger partial charge in [-0.05, 0) is 38.5 Å². The molecule has 0 aliphatic heterocycles. The summed E-state index contributed by atoms with van der Waals surface area (Å²) in [5.74, 6) is 0. The molecule has 0 heterocycles. The molecule has 0 N–H and O–H groups in total. The van der Waals surface area contributed by atoms with E-state index in [9.17, 15) is 0 Å². The molecule has 0 saturated heterocycles. The van der Waals surface area contributed by atoms with Gasteiger partial charge in [-0.15, -0.1) is 0 Å². The molecular weight excluding hydrogens is 144 g/mol. The highest BCUT2D eigenvalue weighted by Gasteiger charge is 1.83. The molecule has 0 radical (unpaired) electrons. The van der Waals surface area contributed by atoms with E-state index in [-0.39, 0.29) is 0 Å². The molecule has 0 heteroatoms. The van der Waals surface area contributed by atoms with Crippen LogP contribution in [0.15, 0.2) is 36.5 Å². The van der Waals surface area contributed by atoms with E-state index in [4.69, 9.17) is 0 Å². The third-order valence-electron chi connectivity index (χ3n) is 2.03. The number of rotatable bonds is 0. The summed E-state index contributed by atoms with van der Waals surface area (Å²) in [6.45, 7) is 0. The molecule has 0 aromatic heterocycles. The lowest BCUT2D eigenvalue weighted by atomic mass is 10.1. The molecule has 0 spiro atoms. The molecule has 66 valence electrons. The summed E-state index contributed by atoms with van der Waals surface area (Å²) in [4.78, 5) is 0. The molecule has 1 aliphatic carbocycles. The van der Waals surface area contributed by atoms with Crippen molar-refractivity contribution in [2.45, 2.75) is 38.5 Å². The van der Waals surface area contributed by atoms with E-state index < -0.39 is 0 Å². The molecule has 0 amide bonds. The lowest BCUT2D eigenvalue weighted by molar-refractivity contribution is 0.838. The molecule has 0 bridgehead atoms. The summed E-state index contributed by atoms with van der Waals surface area (Å²) in [6.07, 6.45) is 21.0. The molecular formula is C12H18. The van der Waals surface area contributed by atoms with Crippen LogP contribution >= 0.6 is 0 Å². The second-order valence-electron chi connectivity index (χ2n) is 3.19. The van der Waals surface area contributed by atoms with Crippen LogP contribution in [-0.2, 0) is 0 Å². The van der Waals surface area contributed by atoms with Crippen LogP contribution in [0.3, 0.4) is 0 Å². The predicted octanol–water partition coefficient (Wildman–Crippen LogP) is 4.01. The molecule has 0 atom stereocenters. The molecule has 1 aliphatic rings. The van der Waals surface area contributed by atoms with E-state index in [1.54, 1.807) is 0 Å². The van der Waals surface area contributed by atoms with Crippen LogP contribution in [0.4, 0.5) is 0 Å². The Morgan fingerprint density at radius 1 is 0.500 bits per heavy atom. The molecule has 0 nitrogen and oxygen atoms in total. The van der Waals surface area contributed by atoms with Gasteiger partial charge in [-0.3, -0.25) is 0 Å². The van der Waals surface area contributed by atoms with Crippen LogP contribution in [0.25, 0.3) is 0 Å². The Morgan fingerprint density at radius 2 is 0.917 bits per heavy atom. The van der Waals surface area contributed by atoms with Crippen molar-refractivity contribution in [1.29, 1.82) is 0 Å². The smallest absolute Gasteiger partial charge is 0.0345 e. The van der Waals surface area contributed by atoms with Gasteiger partial charge in [0.05, 0.1) is 0 Å². The molecule has 0 saturated carbocycles. The number of allylic oxidation sites excluding steroid dienone is 6. The SMILES string of the molecule is C1=CCCCC=CCCCC=C1. The number of hydrogen-bond donors (Lipinski definition) is 0. The van der Waals surface area contributed by atoms with Gasteiger partial charge in [0.25, 0.3) is 0 Å². The van der Waals surface area contributed by atoms with Gasteiger partial charge >= 0.3 is 0 Å². The minimum atomic E-state index is 1.22. The largest absolute Gasteiger partial charge is 0.0885 e. The van der Waals surface area contributed by atoms with E-state index in [0.717, 1.165) is 0 Å². The fourth-order valence-corrected chi connectivity index (χ4v) is 1.29. The van der Waals surface area contributed by atoms with Crippen LogP contribution in [-0.4, -0.2) is 0 Å².